The van der Waals surface area contributed by atoms with E-state index in [2.05, 4.69) is 16.5 Å². The molecule has 1 rings (SSSR count). The maximum absolute atomic E-state index is 12.4. The van der Waals surface area contributed by atoms with E-state index in [-0.39, 0.29) is 25.2 Å². The van der Waals surface area contributed by atoms with E-state index < -0.39 is 23.6 Å². The van der Waals surface area contributed by atoms with Crippen LogP contribution in [0, 0.1) is 11.8 Å². The Morgan fingerprint density at radius 1 is 1.48 bits per heavy atom. The second-order valence-corrected chi connectivity index (χ2v) is 4.83. The van der Waals surface area contributed by atoms with Gasteiger partial charge in [-0.25, -0.2) is 0 Å². The van der Waals surface area contributed by atoms with Gasteiger partial charge in [-0.1, -0.05) is 24.7 Å². The number of carbonyl (C=O) groups excluding carboxylic acids is 3. The maximum Gasteiger partial charge on any atom is 0.316 e. The summed E-state index contributed by atoms with van der Waals surface area (Å²) in [5.74, 6) is -3.14. The van der Waals surface area contributed by atoms with E-state index in [4.69, 9.17) is 4.84 Å². The highest BCUT2D eigenvalue weighted by Crippen LogP contribution is 2.27. The maximum atomic E-state index is 12.4. The van der Waals surface area contributed by atoms with Gasteiger partial charge in [0.05, 0.1) is 12.8 Å². The molecule has 0 spiro atoms. The fourth-order valence-corrected chi connectivity index (χ4v) is 2.33. The summed E-state index contributed by atoms with van der Waals surface area (Å²) in [5, 5.41) is 3.88. The van der Waals surface area contributed by atoms with Crippen molar-refractivity contribution in [3.63, 3.8) is 0 Å². The summed E-state index contributed by atoms with van der Waals surface area (Å²) >= 11 is 0. The van der Waals surface area contributed by atoms with Crippen LogP contribution in [0.15, 0.2) is 17.8 Å². The van der Waals surface area contributed by atoms with E-state index in [9.17, 15) is 14.4 Å². The Morgan fingerprint density at radius 2 is 2.19 bits per heavy atom. The number of oxime groups is 1. The highest BCUT2D eigenvalue weighted by molar-refractivity contribution is 6.25. The molecule has 0 amide bonds. The molecule has 0 aliphatic heterocycles. The molecule has 0 aromatic carbocycles. The van der Waals surface area contributed by atoms with Crippen LogP contribution in [0.4, 0.5) is 0 Å². The molecular formula is C15H21NO5. The first-order chi connectivity index (χ1) is 10.1. The Hall–Kier alpha value is -1.98. The summed E-state index contributed by atoms with van der Waals surface area (Å²) in [5.41, 5.74) is 0.389. The second-order valence-electron chi connectivity index (χ2n) is 4.83. The van der Waals surface area contributed by atoms with Crippen LogP contribution in [0.25, 0.3) is 0 Å². The molecule has 0 heterocycles. The Morgan fingerprint density at radius 3 is 2.76 bits per heavy atom. The highest BCUT2D eigenvalue weighted by Gasteiger charge is 2.43. The number of ketones is 2. The Labute approximate surface area is 124 Å². The topological polar surface area (TPSA) is 82.0 Å². The van der Waals surface area contributed by atoms with Gasteiger partial charge in [0.25, 0.3) is 0 Å². The number of methoxy groups -OCH3 is 1. The fourth-order valence-electron chi connectivity index (χ4n) is 2.33. The predicted molar refractivity (Wildman–Crippen MR) is 76.7 cm³/mol. The average molecular weight is 295 g/mol. The minimum atomic E-state index is -0.993. The van der Waals surface area contributed by atoms with Crippen molar-refractivity contribution in [1.29, 1.82) is 0 Å². The molecule has 1 saturated carbocycles. The van der Waals surface area contributed by atoms with Crippen LogP contribution in [-0.2, 0) is 24.0 Å². The standard InChI is InChI=1S/C15H21NO5/c1-4-6-12(17)13-11(16-21-9-5-2)8-7-10(14(13)18)15(19)20-3/h5,10,13H,2,4,6-9H2,1,3H3/b16-11-/t10-,13-/m0/s1. The lowest BCUT2D eigenvalue weighted by Crippen LogP contribution is -2.43. The van der Waals surface area contributed by atoms with Crippen molar-refractivity contribution in [2.75, 3.05) is 13.7 Å². The average Bonchev–Trinajstić information content (AvgIpc) is 2.47. The summed E-state index contributed by atoms with van der Waals surface area (Å²) in [4.78, 5) is 41.2. The molecular weight excluding hydrogens is 274 g/mol. The van der Waals surface area contributed by atoms with Gasteiger partial charge in [0.2, 0.25) is 0 Å². The lowest BCUT2D eigenvalue weighted by Gasteiger charge is -2.26. The van der Waals surface area contributed by atoms with Gasteiger partial charge in [0.1, 0.15) is 24.2 Å². The molecule has 0 bridgehead atoms. The van der Waals surface area contributed by atoms with Gasteiger partial charge in [0.15, 0.2) is 5.78 Å². The quantitative estimate of drug-likeness (QED) is 0.235. The molecule has 116 valence electrons. The zero-order valence-corrected chi connectivity index (χ0v) is 12.5. The molecule has 2 atom stereocenters. The molecule has 1 aliphatic carbocycles. The van der Waals surface area contributed by atoms with Gasteiger partial charge in [0, 0.05) is 6.42 Å². The molecule has 0 unspecified atom stereocenters. The summed E-state index contributed by atoms with van der Waals surface area (Å²) in [6, 6.07) is 0. The molecule has 6 heteroatoms. The Bertz CT molecular complexity index is 455. The molecule has 21 heavy (non-hydrogen) atoms. The van der Waals surface area contributed by atoms with Gasteiger partial charge >= 0.3 is 5.97 Å². The first-order valence-electron chi connectivity index (χ1n) is 7.00. The zero-order valence-electron chi connectivity index (χ0n) is 12.5. The predicted octanol–water partition coefficient (Wildman–Crippen LogP) is 1.68. The summed E-state index contributed by atoms with van der Waals surface area (Å²) in [6.45, 7) is 5.56. The third-order valence-corrected chi connectivity index (χ3v) is 3.33. The van der Waals surface area contributed by atoms with Crippen molar-refractivity contribution in [1.82, 2.24) is 0 Å². The summed E-state index contributed by atoms with van der Waals surface area (Å²) in [6.07, 6.45) is 3.08. The van der Waals surface area contributed by atoms with Crippen molar-refractivity contribution in [2.45, 2.75) is 32.6 Å². The van der Waals surface area contributed by atoms with Gasteiger partial charge in [-0.15, -0.1) is 0 Å². The Balaban J connectivity index is 2.98. The fraction of sp³-hybridized carbons (Fsp3) is 0.600. The third kappa shape index (κ3) is 4.24. The number of rotatable bonds is 7. The minimum Gasteiger partial charge on any atom is -0.468 e. The SMILES string of the molecule is C=CCO/N=C1/CC[C@H](C(=O)OC)C(=O)[C@@H]1C(=O)CCC. The van der Waals surface area contributed by atoms with E-state index in [0.29, 0.717) is 18.6 Å². The van der Waals surface area contributed by atoms with Crippen LogP contribution >= 0.6 is 0 Å². The van der Waals surface area contributed by atoms with Gasteiger partial charge < -0.3 is 9.57 Å². The lowest BCUT2D eigenvalue weighted by molar-refractivity contribution is -0.151. The van der Waals surface area contributed by atoms with Gasteiger partial charge in [-0.05, 0) is 19.3 Å². The zero-order chi connectivity index (χ0) is 15.8. The van der Waals surface area contributed by atoms with E-state index in [0.717, 1.165) is 0 Å². The molecule has 0 aromatic rings. The number of Topliss-reactive ketones (excluding diaryl/α,β-unsaturated/α-hetero) is 2. The molecule has 1 aliphatic rings. The summed E-state index contributed by atoms with van der Waals surface area (Å²) in [7, 11) is 1.23. The lowest BCUT2D eigenvalue weighted by atomic mass is 9.76. The number of hydrogen-bond donors (Lipinski definition) is 0. The molecule has 0 N–H and O–H groups in total. The van der Waals surface area contributed by atoms with Gasteiger partial charge in [-0.3, -0.25) is 14.4 Å². The molecule has 0 saturated heterocycles. The van der Waals surface area contributed by atoms with E-state index in [1.807, 2.05) is 6.92 Å². The molecule has 0 radical (unpaired) electrons. The molecule has 1 fully saturated rings. The minimum absolute atomic E-state index is 0.201. The second kappa shape index (κ2) is 8.34. The van der Waals surface area contributed by atoms with Crippen molar-refractivity contribution in [3.05, 3.63) is 12.7 Å². The third-order valence-electron chi connectivity index (χ3n) is 3.33. The number of hydrogen-bond acceptors (Lipinski definition) is 6. The molecule has 0 aromatic heterocycles. The normalized spacial score (nSPS) is 23.7. The van der Waals surface area contributed by atoms with E-state index >= 15 is 0 Å². The van der Waals surface area contributed by atoms with E-state index in [1.54, 1.807) is 0 Å². The monoisotopic (exact) mass is 295 g/mol. The Kier molecular flexibility index (Phi) is 6.78. The van der Waals surface area contributed by atoms with Crippen LogP contribution in [0.5, 0.6) is 0 Å². The van der Waals surface area contributed by atoms with Crippen LogP contribution < -0.4 is 0 Å². The highest BCUT2D eigenvalue weighted by atomic mass is 16.6. The van der Waals surface area contributed by atoms with Crippen molar-refractivity contribution in [2.24, 2.45) is 17.0 Å². The van der Waals surface area contributed by atoms with Crippen molar-refractivity contribution in [3.8, 4) is 0 Å². The first kappa shape index (κ1) is 17.1. The molecule has 6 nitrogen and oxygen atoms in total. The van der Waals surface area contributed by atoms with Crippen LogP contribution in [0.1, 0.15) is 32.6 Å². The van der Waals surface area contributed by atoms with Crippen LogP contribution in [0.2, 0.25) is 0 Å². The number of nitrogens with zero attached hydrogens (tertiary/aromatic N) is 1. The van der Waals surface area contributed by atoms with E-state index in [1.165, 1.54) is 13.2 Å². The summed E-state index contributed by atoms with van der Waals surface area (Å²) < 4.78 is 4.63. The number of carbonyl (C=O) groups is 3. The van der Waals surface area contributed by atoms with Crippen LogP contribution in [-0.4, -0.2) is 37.0 Å². The van der Waals surface area contributed by atoms with Crippen molar-refractivity contribution >= 4 is 23.2 Å². The van der Waals surface area contributed by atoms with Crippen molar-refractivity contribution < 1.29 is 24.0 Å². The number of ether oxygens (including phenoxy) is 1. The van der Waals surface area contributed by atoms with Crippen LogP contribution in [0.3, 0.4) is 0 Å². The van der Waals surface area contributed by atoms with Gasteiger partial charge in [-0.2, -0.15) is 0 Å². The smallest absolute Gasteiger partial charge is 0.316 e. The first-order valence-corrected chi connectivity index (χ1v) is 7.00. The largest absolute Gasteiger partial charge is 0.468 e. The number of esters is 1.